The Bertz CT molecular complexity index is 817. The molecule has 0 heterocycles. The third-order valence-electron chi connectivity index (χ3n) is 3.14. The standard InChI is InChI=1S/C17H19NO6S/c1-2-22-16-6-4-3-5-15(16)17(19)24-12-11-23-13-7-9-14(10-8-13)25(18,20)21/h3-10H,2,11-12H2,1H3,(H2,18,20,21). The van der Waals surface area contributed by atoms with Gasteiger partial charge in [0.2, 0.25) is 10.0 Å². The Kier molecular flexibility index (Phi) is 6.37. The van der Waals surface area contributed by atoms with Crippen LogP contribution in [-0.2, 0) is 14.8 Å². The second kappa shape index (κ2) is 8.50. The molecule has 0 aliphatic heterocycles. The Hall–Kier alpha value is -2.58. The van der Waals surface area contributed by atoms with Crippen molar-refractivity contribution < 1.29 is 27.4 Å². The summed E-state index contributed by atoms with van der Waals surface area (Å²) in [6.45, 7) is 2.44. The lowest BCUT2D eigenvalue weighted by atomic mass is 10.2. The Labute approximate surface area is 146 Å². The van der Waals surface area contributed by atoms with Gasteiger partial charge < -0.3 is 14.2 Å². The topological polar surface area (TPSA) is 105 Å². The smallest absolute Gasteiger partial charge is 0.342 e. The van der Waals surface area contributed by atoms with E-state index in [0.29, 0.717) is 23.7 Å². The van der Waals surface area contributed by atoms with E-state index in [1.165, 1.54) is 24.3 Å². The first-order chi connectivity index (χ1) is 11.9. The van der Waals surface area contributed by atoms with E-state index in [1.54, 1.807) is 24.3 Å². The summed E-state index contributed by atoms with van der Waals surface area (Å²) in [5.41, 5.74) is 0.349. The molecule has 0 amide bonds. The van der Waals surface area contributed by atoms with E-state index in [2.05, 4.69) is 0 Å². The molecule has 0 saturated carbocycles. The molecule has 0 unspecified atom stereocenters. The molecule has 0 saturated heterocycles. The largest absolute Gasteiger partial charge is 0.493 e. The van der Waals surface area contributed by atoms with E-state index in [9.17, 15) is 13.2 Å². The molecule has 7 nitrogen and oxygen atoms in total. The lowest BCUT2D eigenvalue weighted by Crippen LogP contribution is -2.14. The van der Waals surface area contributed by atoms with Gasteiger partial charge in [0.1, 0.15) is 30.3 Å². The maximum absolute atomic E-state index is 12.1. The Morgan fingerprint density at radius 2 is 1.68 bits per heavy atom. The van der Waals surface area contributed by atoms with Crippen LogP contribution in [0.4, 0.5) is 0 Å². The molecule has 2 aromatic carbocycles. The molecule has 2 aromatic rings. The molecular weight excluding hydrogens is 346 g/mol. The van der Waals surface area contributed by atoms with Crippen LogP contribution in [0.2, 0.25) is 0 Å². The Morgan fingerprint density at radius 3 is 2.32 bits per heavy atom. The highest BCUT2D eigenvalue weighted by Crippen LogP contribution is 2.19. The van der Waals surface area contributed by atoms with Gasteiger partial charge in [-0.05, 0) is 43.3 Å². The fourth-order valence-corrected chi connectivity index (χ4v) is 2.53. The second-order valence-electron chi connectivity index (χ2n) is 4.93. The van der Waals surface area contributed by atoms with Crippen LogP contribution in [0.15, 0.2) is 53.4 Å². The maximum Gasteiger partial charge on any atom is 0.342 e. The van der Waals surface area contributed by atoms with Crippen LogP contribution >= 0.6 is 0 Å². The highest BCUT2D eigenvalue weighted by Gasteiger charge is 2.13. The van der Waals surface area contributed by atoms with Crippen LogP contribution in [0.3, 0.4) is 0 Å². The molecule has 0 aliphatic carbocycles. The average molecular weight is 365 g/mol. The van der Waals surface area contributed by atoms with E-state index in [0.717, 1.165) is 0 Å². The summed E-state index contributed by atoms with van der Waals surface area (Å²) in [5.74, 6) is 0.407. The minimum atomic E-state index is -3.73. The van der Waals surface area contributed by atoms with Crippen LogP contribution in [0.25, 0.3) is 0 Å². The van der Waals surface area contributed by atoms with Crippen molar-refractivity contribution in [3.05, 3.63) is 54.1 Å². The predicted octanol–water partition coefficient (Wildman–Crippen LogP) is 1.97. The normalized spacial score (nSPS) is 11.0. The van der Waals surface area contributed by atoms with Crippen molar-refractivity contribution in [3.63, 3.8) is 0 Å². The number of sulfonamides is 1. The van der Waals surface area contributed by atoms with Crippen LogP contribution in [0.5, 0.6) is 11.5 Å². The van der Waals surface area contributed by atoms with E-state index >= 15 is 0 Å². The summed E-state index contributed by atoms with van der Waals surface area (Å²) in [6, 6.07) is 12.5. The summed E-state index contributed by atoms with van der Waals surface area (Å²) in [5, 5.41) is 5.01. The van der Waals surface area contributed by atoms with Crippen molar-refractivity contribution in [2.75, 3.05) is 19.8 Å². The van der Waals surface area contributed by atoms with Crippen molar-refractivity contribution >= 4 is 16.0 Å². The fraction of sp³-hybridized carbons (Fsp3) is 0.235. The zero-order valence-electron chi connectivity index (χ0n) is 13.7. The maximum atomic E-state index is 12.1. The van der Waals surface area contributed by atoms with Crippen LogP contribution in [-0.4, -0.2) is 34.2 Å². The molecule has 0 aliphatic rings. The molecule has 0 atom stereocenters. The molecule has 0 fully saturated rings. The zero-order valence-corrected chi connectivity index (χ0v) is 14.5. The van der Waals surface area contributed by atoms with Gasteiger partial charge >= 0.3 is 5.97 Å². The average Bonchev–Trinajstić information content (AvgIpc) is 2.59. The third-order valence-corrected chi connectivity index (χ3v) is 4.07. The van der Waals surface area contributed by atoms with Crippen molar-refractivity contribution in [2.45, 2.75) is 11.8 Å². The van der Waals surface area contributed by atoms with E-state index in [-0.39, 0.29) is 18.1 Å². The summed E-state index contributed by atoms with van der Waals surface area (Å²) >= 11 is 0. The number of ether oxygens (including phenoxy) is 3. The number of hydrogen-bond donors (Lipinski definition) is 1. The molecule has 0 bridgehead atoms. The summed E-state index contributed by atoms with van der Waals surface area (Å²) < 4.78 is 38.2. The SMILES string of the molecule is CCOc1ccccc1C(=O)OCCOc1ccc(S(N)(=O)=O)cc1. The van der Waals surface area contributed by atoms with Gasteiger partial charge in [-0.1, -0.05) is 12.1 Å². The molecule has 2 rings (SSSR count). The monoisotopic (exact) mass is 365 g/mol. The number of benzene rings is 2. The number of primary sulfonamides is 1. The predicted molar refractivity (Wildman–Crippen MR) is 91.2 cm³/mol. The molecular formula is C17H19NO6S. The minimum Gasteiger partial charge on any atom is -0.493 e. The number of nitrogens with two attached hydrogens (primary N) is 1. The first kappa shape index (κ1) is 18.8. The van der Waals surface area contributed by atoms with Crippen molar-refractivity contribution in [2.24, 2.45) is 5.14 Å². The highest BCUT2D eigenvalue weighted by atomic mass is 32.2. The van der Waals surface area contributed by atoms with E-state index < -0.39 is 16.0 Å². The number of hydrogen-bond acceptors (Lipinski definition) is 6. The summed E-state index contributed by atoms with van der Waals surface area (Å²) in [4.78, 5) is 12.1. The van der Waals surface area contributed by atoms with Gasteiger partial charge in [0.05, 0.1) is 11.5 Å². The van der Waals surface area contributed by atoms with Gasteiger partial charge in [-0.15, -0.1) is 0 Å². The van der Waals surface area contributed by atoms with E-state index in [4.69, 9.17) is 19.3 Å². The molecule has 8 heteroatoms. The zero-order chi connectivity index (χ0) is 18.3. The lowest BCUT2D eigenvalue weighted by molar-refractivity contribution is 0.0446. The first-order valence-electron chi connectivity index (χ1n) is 7.56. The molecule has 0 aromatic heterocycles. The van der Waals surface area contributed by atoms with Gasteiger partial charge in [-0.3, -0.25) is 0 Å². The lowest BCUT2D eigenvalue weighted by Gasteiger charge is -2.10. The molecule has 2 N–H and O–H groups in total. The van der Waals surface area contributed by atoms with Crippen LogP contribution < -0.4 is 14.6 Å². The first-order valence-corrected chi connectivity index (χ1v) is 9.11. The third kappa shape index (κ3) is 5.47. The number of carbonyl (C=O) groups excluding carboxylic acids is 1. The number of carbonyl (C=O) groups is 1. The van der Waals surface area contributed by atoms with Gasteiger partial charge in [-0.25, -0.2) is 18.4 Å². The Balaban J connectivity index is 1.84. The van der Waals surface area contributed by atoms with Crippen molar-refractivity contribution in [1.82, 2.24) is 0 Å². The van der Waals surface area contributed by atoms with Gasteiger partial charge in [0.15, 0.2) is 0 Å². The van der Waals surface area contributed by atoms with Crippen molar-refractivity contribution in [1.29, 1.82) is 0 Å². The van der Waals surface area contributed by atoms with Gasteiger partial charge in [0.25, 0.3) is 0 Å². The summed E-state index contributed by atoms with van der Waals surface area (Å²) in [6.07, 6.45) is 0. The van der Waals surface area contributed by atoms with Crippen molar-refractivity contribution in [3.8, 4) is 11.5 Å². The minimum absolute atomic E-state index is 0.00110. The molecule has 134 valence electrons. The highest BCUT2D eigenvalue weighted by molar-refractivity contribution is 7.89. The Morgan fingerprint density at radius 1 is 1.00 bits per heavy atom. The van der Waals surface area contributed by atoms with E-state index in [1.807, 2.05) is 6.92 Å². The number of rotatable bonds is 8. The quantitative estimate of drug-likeness (QED) is 0.566. The fourth-order valence-electron chi connectivity index (χ4n) is 2.01. The second-order valence-corrected chi connectivity index (χ2v) is 6.49. The molecule has 25 heavy (non-hydrogen) atoms. The van der Waals surface area contributed by atoms with Gasteiger partial charge in [0, 0.05) is 0 Å². The molecule has 0 radical (unpaired) electrons. The van der Waals surface area contributed by atoms with Gasteiger partial charge in [-0.2, -0.15) is 0 Å². The van der Waals surface area contributed by atoms with Crippen LogP contribution in [0, 0.1) is 0 Å². The molecule has 0 spiro atoms. The summed E-state index contributed by atoms with van der Waals surface area (Å²) in [7, 11) is -3.73. The van der Waals surface area contributed by atoms with Crippen LogP contribution in [0.1, 0.15) is 17.3 Å². The number of para-hydroxylation sites is 1. The number of esters is 1.